The lowest BCUT2D eigenvalue weighted by atomic mass is 10.2. The van der Waals surface area contributed by atoms with Crippen molar-refractivity contribution in [2.24, 2.45) is 0 Å². The highest BCUT2D eigenvalue weighted by Crippen LogP contribution is 2.19. The Bertz CT molecular complexity index is 682. The fourth-order valence-electron chi connectivity index (χ4n) is 2.48. The van der Waals surface area contributed by atoms with Crippen LogP contribution < -0.4 is 14.8 Å². The van der Waals surface area contributed by atoms with Crippen LogP contribution in [0.1, 0.15) is 12.8 Å². The molecular weight excluding hydrogens is 342 g/mol. The van der Waals surface area contributed by atoms with Crippen molar-refractivity contribution in [3.05, 3.63) is 53.6 Å². The Morgan fingerprint density at radius 2 is 1.76 bits per heavy atom. The van der Waals surface area contributed by atoms with Crippen LogP contribution >= 0.6 is 11.6 Å². The molecule has 2 aromatic rings. The molecule has 5 nitrogen and oxygen atoms in total. The molecule has 25 heavy (non-hydrogen) atoms. The average molecular weight is 362 g/mol. The number of benzene rings is 2. The van der Waals surface area contributed by atoms with Crippen molar-refractivity contribution in [3.63, 3.8) is 0 Å². The number of amides is 1. The lowest BCUT2D eigenvalue weighted by molar-refractivity contribution is -0.118. The smallest absolute Gasteiger partial charge is 0.262 e. The summed E-state index contributed by atoms with van der Waals surface area (Å²) in [4.78, 5) is 11.9. The van der Waals surface area contributed by atoms with Crippen LogP contribution in [0.15, 0.2) is 48.5 Å². The number of anilines is 1. The third-order valence-electron chi connectivity index (χ3n) is 3.78. The van der Waals surface area contributed by atoms with Gasteiger partial charge in [-0.15, -0.1) is 0 Å². The number of carbonyl (C=O) groups excluding carboxylic acids is 1. The van der Waals surface area contributed by atoms with Crippen LogP contribution in [0.25, 0.3) is 0 Å². The van der Waals surface area contributed by atoms with Gasteiger partial charge in [0.2, 0.25) is 0 Å². The van der Waals surface area contributed by atoms with E-state index < -0.39 is 0 Å². The molecule has 0 aliphatic carbocycles. The SMILES string of the molecule is O=C(COc1ccc(Cl)cc1)Nc1ccc(OCC2CCCO2)cc1. The highest BCUT2D eigenvalue weighted by Gasteiger charge is 2.15. The molecule has 1 aliphatic rings. The first-order chi connectivity index (χ1) is 12.2. The Balaban J connectivity index is 1.42. The summed E-state index contributed by atoms with van der Waals surface area (Å²) < 4.78 is 16.6. The van der Waals surface area contributed by atoms with E-state index in [0.717, 1.165) is 25.2 Å². The molecule has 1 fully saturated rings. The van der Waals surface area contributed by atoms with Crippen molar-refractivity contribution < 1.29 is 19.0 Å². The highest BCUT2D eigenvalue weighted by atomic mass is 35.5. The second kappa shape index (κ2) is 8.74. The van der Waals surface area contributed by atoms with Gasteiger partial charge >= 0.3 is 0 Å². The first kappa shape index (κ1) is 17.6. The van der Waals surface area contributed by atoms with Crippen molar-refractivity contribution in [3.8, 4) is 11.5 Å². The van der Waals surface area contributed by atoms with Gasteiger partial charge in [-0.1, -0.05) is 11.6 Å². The van der Waals surface area contributed by atoms with Crippen LogP contribution in [-0.4, -0.2) is 31.8 Å². The summed E-state index contributed by atoms with van der Waals surface area (Å²) >= 11 is 5.80. The maximum Gasteiger partial charge on any atom is 0.262 e. The molecule has 1 unspecified atom stereocenters. The molecule has 6 heteroatoms. The van der Waals surface area contributed by atoms with Gasteiger partial charge in [0.05, 0.1) is 6.10 Å². The van der Waals surface area contributed by atoms with Gasteiger partial charge in [0.1, 0.15) is 18.1 Å². The second-order valence-electron chi connectivity index (χ2n) is 5.76. The normalized spacial score (nSPS) is 16.4. The van der Waals surface area contributed by atoms with Gasteiger partial charge in [-0.3, -0.25) is 4.79 Å². The Kier molecular flexibility index (Phi) is 6.14. The van der Waals surface area contributed by atoms with E-state index >= 15 is 0 Å². The lowest BCUT2D eigenvalue weighted by Gasteiger charge is -2.12. The van der Waals surface area contributed by atoms with E-state index in [2.05, 4.69) is 5.32 Å². The van der Waals surface area contributed by atoms with Crippen LogP contribution in [0, 0.1) is 0 Å². The minimum absolute atomic E-state index is 0.0705. The summed E-state index contributed by atoms with van der Waals surface area (Å²) in [5.41, 5.74) is 0.689. The molecule has 0 aromatic heterocycles. The summed E-state index contributed by atoms with van der Waals surface area (Å²) in [6, 6.07) is 14.1. The number of carbonyl (C=O) groups is 1. The fourth-order valence-corrected chi connectivity index (χ4v) is 2.60. The average Bonchev–Trinajstić information content (AvgIpc) is 3.14. The first-order valence-electron chi connectivity index (χ1n) is 8.22. The zero-order chi connectivity index (χ0) is 17.5. The van der Waals surface area contributed by atoms with Gasteiger partial charge in [0, 0.05) is 17.3 Å². The molecule has 0 radical (unpaired) electrons. The molecule has 3 rings (SSSR count). The number of ether oxygens (including phenoxy) is 3. The maximum atomic E-state index is 11.9. The van der Waals surface area contributed by atoms with E-state index in [0.29, 0.717) is 23.1 Å². The molecule has 1 N–H and O–H groups in total. The van der Waals surface area contributed by atoms with E-state index in [1.54, 1.807) is 36.4 Å². The molecule has 1 atom stereocenters. The number of hydrogen-bond acceptors (Lipinski definition) is 4. The summed E-state index contributed by atoms with van der Waals surface area (Å²) in [5.74, 6) is 1.12. The zero-order valence-electron chi connectivity index (χ0n) is 13.7. The van der Waals surface area contributed by atoms with E-state index in [1.807, 2.05) is 12.1 Å². The number of rotatable bonds is 7. The lowest BCUT2D eigenvalue weighted by Crippen LogP contribution is -2.20. The quantitative estimate of drug-likeness (QED) is 0.812. The monoisotopic (exact) mass is 361 g/mol. The van der Waals surface area contributed by atoms with E-state index in [1.165, 1.54) is 0 Å². The summed E-state index contributed by atoms with van der Waals surface area (Å²) in [6.45, 7) is 1.30. The maximum absolute atomic E-state index is 11.9. The van der Waals surface area contributed by atoms with E-state index in [-0.39, 0.29) is 18.6 Å². The van der Waals surface area contributed by atoms with Crippen LogP contribution in [0.2, 0.25) is 5.02 Å². The Morgan fingerprint density at radius 3 is 2.44 bits per heavy atom. The second-order valence-corrected chi connectivity index (χ2v) is 6.20. The highest BCUT2D eigenvalue weighted by molar-refractivity contribution is 6.30. The molecule has 0 spiro atoms. The third kappa shape index (κ3) is 5.66. The number of halogens is 1. The molecule has 0 saturated carbocycles. The molecule has 132 valence electrons. The molecule has 0 bridgehead atoms. The van der Waals surface area contributed by atoms with Gasteiger partial charge in [-0.05, 0) is 61.4 Å². The summed E-state index contributed by atoms with van der Waals surface area (Å²) in [5, 5.41) is 3.40. The molecule has 1 amide bonds. The zero-order valence-corrected chi connectivity index (χ0v) is 14.5. The molecular formula is C19H20ClNO4. The molecule has 1 aliphatic heterocycles. The van der Waals surface area contributed by atoms with Crippen LogP contribution in [-0.2, 0) is 9.53 Å². The fraction of sp³-hybridized carbons (Fsp3) is 0.316. The van der Waals surface area contributed by atoms with E-state index in [4.69, 9.17) is 25.8 Å². The molecule has 1 saturated heterocycles. The van der Waals surface area contributed by atoms with Gasteiger partial charge in [0.25, 0.3) is 5.91 Å². The summed E-state index contributed by atoms with van der Waals surface area (Å²) in [7, 11) is 0. The van der Waals surface area contributed by atoms with Crippen LogP contribution in [0.4, 0.5) is 5.69 Å². The molecule has 1 heterocycles. The molecule has 2 aromatic carbocycles. The van der Waals surface area contributed by atoms with Gasteiger partial charge in [0.15, 0.2) is 6.61 Å². The Labute approximate surface area is 151 Å². The largest absolute Gasteiger partial charge is 0.491 e. The number of nitrogens with one attached hydrogen (secondary N) is 1. The minimum atomic E-state index is -0.233. The van der Waals surface area contributed by atoms with Crippen LogP contribution in [0.3, 0.4) is 0 Å². The first-order valence-corrected chi connectivity index (χ1v) is 8.59. The number of hydrogen-bond donors (Lipinski definition) is 1. The van der Waals surface area contributed by atoms with Gasteiger partial charge in [-0.25, -0.2) is 0 Å². The predicted octanol–water partition coefficient (Wildman–Crippen LogP) is 3.92. The Morgan fingerprint density at radius 1 is 1.08 bits per heavy atom. The standard InChI is InChI=1S/C19H20ClNO4/c20-14-3-7-16(8-4-14)25-13-19(22)21-15-5-9-17(10-6-15)24-12-18-2-1-11-23-18/h3-10,18H,1-2,11-13H2,(H,21,22). The van der Waals surface area contributed by atoms with Crippen molar-refractivity contribution in [2.45, 2.75) is 18.9 Å². The topological polar surface area (TPSA) is 56.8 Å². The van der Waals surface area contributed by atoms with Crippen molar-refractivity contribution in [1.82, 2.24) is 0 Å². The van der Waals surface area contributed by atoms with Gasteiger partial charge < -0.3 is 19.5 Å². The minimum Gasteiger partial charge on any atom is -0.491 e. The van der Waals surface area contributed by atoms with Crippen LogP contribution in [0.5, 0.6) is 11.5 Å². The third-order valence-corrected chi connectivity index (χ3v) is 4.03. The van der Waals surface area contributed by atoms with Crippen molar-refractivity contribution >= 4 is 23.2 Å². The van der Waals surface area contributed by atoms with Crippen molar-refractivity contribution in [2.75, 3.05) is 25.1 Å². The Hall–Kier alpha value is -2.24. The van der Waals surface area contributed by atoms with Gasteiger partial charge in [-0.2, -0.15) is 0 Å². The predicted molar refractivity (Wildman–Crippen MR) is 96.5 cm³/mol. The van der Waals surface area contributed by atoms with E-state index in [9.17, 15) is 4.79 Å². The summed E-state index contributed by atoms with van der Waals surface area (Å²) in [6.07, 6.45) is 2.32. The van der Waals surface area contributed by atoms with Crippen molar-refractivity contribution in [1.29, 1.82) is 0 Å².